The molecule has 28 heavy (non-hydrogen) atoms. The van der Waals surface area contributed by atoms with Crippen LogP contribution in [0, 0.1) is 19.7 Å². The molecular formula is C20H19FN4O3. The molecule has 1 aliphatic rings. The first-order valence-electron chi connectivity index (χ1n) is 8.99. The van der Waals surface area contributed by atoms with Crippen LogP contribution in [0.3, 0.4) is 0 Å². The number of para-hydroxylation sites is 1. The molecule has 7 nitrogen and oxygen atoms in total. The molecule has 4 rings (SSSR count). The van der Waals surface area contributed by atoms with Crippen LogP contribution in [-0.4, -0.2) is 38.8 Å². The van der Waals surface area contributed by atoms with Crippen molar-refractivity contribution in [2.45, 2.75) is 26.2 Å². The van der Waals surface area contributed by atoms with Gasteiger partial charge in [-0.3, -0.25) is 4.79 Å². The maximum atomic E-state index is 13.9. The summed E-state index contributed by atoms with van der Waals surface area (Å²) < 4.78 is 24.6. The Kier molecular flexibility index (Phi) is 4.77. The Balaban J connectivity index is 1.51. The zero-order valence-electron chi connectivity index (χ0n) is 15.6. The van der Waals surface area contributed by atoms with E-state index in [9.17, 15) is 9.18 Å². The second kappa shape index (κ2) is 7.38. The Labute approximate surface area is 161 Å². The molecule has 1 aromatic carbocycles. The molecule has 144 valence electrons. The molecule has 0 unspecified atom stereocenters. The molecule has 1 atom stereocenters. The smallest absolute Gasteiger partial charge is 0.275 e. The van der Waals surface area contributed by atoms with Crippen molar-refractivity contribution in [3.8, 4) is 11.6 Å². The van der Waals surface area contributed by atoms with Crippen LogP contribution in [-0.2, 0) is 0 Å². The molecule has 0 N–H and O–H groups in total. The fourth-order valence-electron chi connectivity index (χ4n) is 3.22. The maximum absolute atomic E-state index is 13.9. The molecule has 0 spiro atoms. The Morgan fingerprint density at radius 1 is 1.25 bits per heavy atom. The van der Waals surface area contributed by atoms with Gasteiger partial charge in [0.25, 0.3) is 5.91 Å². The van der Waals surface area contributed by atoms with Gasteiger partial charge >= 0.3 is 0 Å². The standard InChI is InChI=1S/C20H19FN4O3/c1-12-9-18(28-17-6-4-3-5-15(17)21)24-19(22-12)14-7-8-25(10-14)20(26)16-11-27-13(2)23-16/h3-6,9,11,14H,7-8,10H2,1-2H3/t14-/m0/s1. The molecule has 0 saturated carbocycles. The van der Waals surface area contributed by atoms with E-state index in [0.717, 1.165) is 6.42 Å². The number of carbonyl (C=O) groups excluding carboxylic acids is 1. The topological polar surface area (TPSA) is 81.4 Å². The number of amides is 1. The van der Waals surface area contributed by atoms with Gasteiger partial charge in [0.1, 0.15) is 12.1 Å². The first kappa shape index (κ1) is 18.1. The van der Waals surface area contributed by atoms with Crippen molar-refractivity contribution in [2.24, 2.45) is 0 Å². The summed E-state index contributed by atoms with van der Waals surface area (Å²) >= 11 is 0. The minimum absolute atomic E-state index is 0.0279. The zero-order valence-corrected chi connectivity index (χ0v) is 15.6. The third kappa shape index (κ3) is 3.71. The number of rotatable bonds is 4. The molecule has 3 heterocycles. The minimum Gasteiger partial charge on any atom is -0.448 e. The van der Waals surface area contributed by atoms with Gasteiger partial charge in [0.15, 0.2) is 23.2 Å². The van der Waals surface area contributed by atoms with Crippen molar-refractivity contribution < 1.29 is 18.3 Å². The van der Waals surface area contributed by atoms with Crippen LogP contribution in [0.2, 0.25) is 0 Å². The van der Waals surface area contributed by atoms with E-state index >= 15 is 0 Å². The fraction of sp³-hybridized carbons (Fsp3) is 0.300. The van der Waals surface area contributed by atoms with Crippen LogP contribution < -0.4 is 4.74 Å². The number of oxazole rings is 1. The molecule has 1 amide bonds. The summed E-state index contributed by atoms with van der Waals surface area (Å²) in [6.45, 7) is 4.58. The molecular weight excluding hydrogens is 363 g/mol. The number of halogens is 1. The van der Waals surface area contributed by atoms with E-state index in [0.29, 0.717) is 36.2 Å². The minimum atomic E-state index is -0.458. The summed E-state index contributed by atoms with van der Waals surface area (Å²) in [6.07, 6.45) is 2.10. The summed E-state index contributed by atoms with van der Waals surface area (Å²) in [4.78, 5) is 27.3. The first-order chi connectivity index (χ1) is 13.5. The lowest BCUT2D eigenvalue weighted by molar-refractivity contribution is 0.0784. The second-order valence-corrected chi connectivity index (χ2v) is 6.73. The molecule has 0 radical (unpaired) electrons. The molecule has 0 aliphatic carbocycles. The monoisotopic (exact) mass is 382 g/mol. The normalized spacial score (nSPS) is 16.4. The van der Waals surface area contributed by atoms with Gasteiger partial charge in [-0.05, 0) is 25.5 Å². The highest BCUT2D eigenvalue weighted by molar-refractivity contribution is 5.92. The van der Waals surface area contributed by atoms with Crippen molar-refractivity contribution in [1.29, 1.82) is 0 Å². The van der Waals surface area contributed by atoms with E-state index in [-0.39, 0.29) is 23.5 Å². The lowest BCUT2D eigenvalue weighted by Crippen LogP contribution is -2.29. The third-order valence-electron chi connectivity index (χ3n) is 4.58. The number of ether oxygens (including phenoxy) is 1. The Morgan fingerprint density at radius 2 is 2.07 bits per heavy atom. The number of carbonyl (C=O) groups is 1. The number of hydrogen-bond donors (Lipinski definition) is 0. The number of likely N-dealkylation sites (tertiary alicyclic amines) is 1. The summed E-state index contributed by atoms with van der Waals surface area (Å²) in [5.74, 6) is 0.769. The maximum Gasteiger partial charge on any atom is 0.275 e. The van der Waals surface area contributed by atoms with Gasteiger partial charge < -0.3 is 14.1 Å². The lowest BCUT2D eigenvalue weighted by atomic mass is 10.1. The molecule has 0 bridgehead atoms. The summed E-state index contributed by atoms with van der Waals surface area (Å²) in [5.41, 5.74) is 1.01. The van der Waals surface area contributed by atoms with Crippen molar-refractivity contribution in [1.82, 2.24) is 19.9 Å². The summed E-state index contributed by atoms with van der Waals surface area (Å²) in [5, 5.41) is 0. The van der Waals surface area contributed by atoms with Crippen molar-refractivity contribution >= 4 is 5.91 Å². The number of nitrogens with zero attached hydrogens (tertiary/aromatic N) is 4. The molecule has 8 heteroatoms. The number of aryl methyl sites for hydroxylation is 2. The van der Waals surface area contributed by atoms with E-state index in [1.807, 2.05) is 6.92 Å². The highest BCUT2D eigenvalue weighted by atomic mass is 19.1. The molecule has 1 fully saturated rings. The molecule has 2 aromatic heterocycles. The summed E-state index contributed by atoms with van der Waals surface area (Å²) in [7, 11) is 0. The van der Waals surface area contributed by atoms with E-state index < -0.39 is 5.82 Å². The van der Waals surface area contributed by atoms with Gasteiger partial charge in [0.2, 0.25) is 5.88 Å². The van der Waals surface area contributed by atoms with Crippen molar-refractivity contribution in [2.75, 3.05) is 13.1 Å². The Hall–Kier alpha value is -3.29. The van der Waals surface area contributed by atoms with Gasteiger partial charge in [-0.25, -0.2) is 14.4 Å². The van der Waals surface area contributed by atoms with E-state index in [4.69, 9.17) is 9.15 Å². The molecule has 1 saturated heterocycles. The predicted octanol–water partition coefficient (Wildman–Crippen LogP) is 3.64. The zero-order chi connectivity index (χ0) is 19.7. The summed E-state index contributed by atoms with van der Waals surface area (Å²) in [6, 6.07) is 7.82. The Bertz CT molecular complexity index is 1020. The highest BCUT2D eigenvalue weighted by Gasteiger charge is 2.31. The second-order valence-electron chi connectivity index (χ2n) is 6.73. The average molecular weight is 382 g/mol. The SMILES string of the molecule is Cc1cc(Oc2ccccc2F)nc([C@H]2CCN(C(=O)c3coc(C)n3)C2)n1. The highest BCUT2D eigenvalue weighted by Crippen LogP contribution is 2.29. The van der Waals surface area contributed by atoms with E-state index in [1.54, 1.807) is 36.1 Å². The van der Waals surface area contributed by atoms with Gasteiger partial charge in [0.05, 0.1) is 0 Å². The average Bonchev–Trinajstić information content (AvgIpc) is 3.32. The van der Waals surface area contributed by atoms with Gasteiger partial charge in [0, 0.05) is 37.7 Å². The molecule has 1 aliphatic heterocycles. The van der Waals surface area contributed by atoms with Crippen LogP contribution in [0.4, 0.5) is 4.39 Å². The largest absolute Gasteiger partial charge is 0.448 e. The molecule has 3 aromatic rings. The van der Waals surface area contributed by atoms with Gasteiger partial charge in [-0.15, -0.1) is 0 Å². The Morgan fingerprint density at radius 3 is 2.82 bits per heavy atom. The van der Waals surface area contributed by atoms with Crippen LogP contribution in [0.25, 0.3) is 0 Å². The van der Waals surface area contributed by atoms with E-state index in [2.05, 4.69) is 15.0 Å². The lowest BCUT2D eigenvalue weighted by Gasteiger charge is -2.15. The first-order valence-corrected chi connectivity index (χ1v) is 8.99. The van der Waals surface area contributed by atoms with Gasteiger partial charge in [-0.1, -0.05) is 12.1 Å². The third-order valence-corrected chi connectivity index (χ3v) is 4.58. The predicted molar refractivity (Wildman–Crippen MR) is 97.7 cm³/mol. The number of benzene rings is 1. The number of hydrogen-bond acceptors (Lipinski definition) is 6. The van der Waals surface area contributed by atoms with Crippen LogP contribution in [0.15, 0.2) is 41.0 Å². The van der Waals surface area contributed by atoms with Crippen molar-refractivity contribution in [3.63, 3.8) is 0 Å². The van der Waals surface area contributed by atoms with Crippen LogP contribution in [0.1, 0.15) is 40.2 Å². The van der Waals surface area contributed by atoms with Crippen LogP contribution >= 0.6 is 0 Å². The fourth-order valence-corrected chi connectivity index (χ4v) is 3.22. The van der Waals surface area contributed by atoms with Crippen LogP contribution in [0.5, 0.6) is 11.6 Å². The quantitative estimate of drug-likeness (QED) is 0.685. The van der Waals surface area contributed by atoms with Crippen molar-refractivity contribution in [3.05, 3.63) is 65.5 Å². The number of aromatic nitrogens is 3. The van der Waals surface area contributed by atoms with Gasteiger partial charge in [-0.2, -0.15) is 4.98 Å². The van der Waals surface area contributed by atoms with E-state index in [1.165, 1.54) is 12.3 Å².